The Kier molecular flexibility index (Phi) is 5.82. The Hall–Kier alpha value is -0.430. The third-order valence-electron chi connectivity index (χ3n) is 3.64. The first-order valence-electron chi connectivity index (χ1n) is 7.43. The highest BCUT2D eigenvalue weighted by Crippen LogP contribution is 2.28. The van der Waals surface area contributed by atoms with Gasteiger partial charge in [-0.15, -0.1) is 0 Å². The van der Waals surface area contributed by atoms with Crippen molar-refractivity contribution >= 4 is 26.0 Å². The van der Waals surface area contributed by atoms with Gasteiger partial charge in [0.25, 0.3) is 0 Å². The molecule has 1 fully saturated rings. The Labute approximate surface area is 136 Å². The number of benzene rings is 1. The maximum absolute atomic E-state index is 12.8. The molecule has 1 aromatic carbocycles. The van der Waals surface area contributed by atoms with E-state index < -0.39 is 10.0 Å². The molecule has 0 aliphatic carbocycles. The number of hydrogen-bond acceptors (Lipinski definition) is 3. The summed E-state index contributed by atoms with van der Waals surface area (Å²) in [6.45, 7) is 6.08. The molecule has 1 aliphatic rings. The van der Waals surface area contributed by atoms with Crippen LogP contribution in [0.15, 0.2) is 27.6 Å². The second-order valence-corrected chi connectivity index (χ2v) is 8.53. The van der Waals surface area contributed by atoms with Crippen molar-refractivity contribution in [2.24, 2.45) is 0 Å². The second kappa shape index (κ2) is 7.22. The van der Waals surface area contributed by atoms with E-state index in [1.54, 1.807) is 10.4 Å². The van der Waals surface area contributed by atoms with Crippen molar-refractivity contribution in [1.82, 2.24) is 9.62 Å². The van der Waals surface area contributed by atoms with Crippen molar-refractivity contribution < 1.29 is 8.42 Å². The molecule has 0 aromatic heterocycles. The number of piperidine rings is 1. The van der Waals surface area contributed by atoms with Gasteiger partial charge in [0.1, 0.15) is 0 Å². The third kappa shape index (κ3) is 4.28. The summed E-state index contributed by atoms with van der Waals surface area (Å²) in [5, 5.41) is 3.32. The maximum atomic E-state index is 12.8. The van der Waals surface area contributed by atoms with E-state index in [1.807, 2.05) is 12.1 Å². The summed E-state index contributed by atoms with van der Waals surface area (Å²) in [7, 11) is -3.40. The van der Waals surface area contributed by atoms with E-state index >= 15 is 0 Å². The average Bonchev–Trinajstić information content (AvgIpc) is 2.47. The Morgan fingerprint density at radius 1 is 1.24 bits per heavy atom. The minimum Gasteiger partial charge on any atom is -0.310 e. The van der Waals surface area contributed by atoms with Crippen LogP contribution in [-0.2, 0) is 16.6 Å². The first kappa shape index (κ1) is 16.9. The highest BCUT2D eigenvalue weighted by atomic mass is 79.9. The summed E-state index contributed by atoms with van der Waals surface area (Å²) < 4.78 is 27.8. The topological polar surface area (TPSA) is 49.4 Å². The van der Waals surface area contributed by atoms with Gasteiger partial charge in [-0.2, -0.15) is 4.31 Å². The third-order valence-corrected chi connectivity index (χ3v) is 6.54. The van der Waals surface area contributed by atoms with Gasteiger partial charge in [-0.3, -0.25) is 0 Å². The summed E-state index contributed by atoms with van der Waals surface area (Å²) in [5.41, 5.74) is 0.988. The molecule has 1 aliphatic heterocycles. The molecule has 0 radical (unpaired) electrons. The molecular formula is C15H23BrN2O2S. The van der Waals surface area contributed by atoms with E-state index in [0.717, 1.165) is 24.8 Å². The van der Waals surface area contributed by atoms with E-state index in [9.17, 15) is 8.42 Å². The molecule has 6 heteroatoms. The van der Waals surface area contributed by atoms with Crippen molar-refractivity contribution in [3.63, 3.8) is 0 Å². The number of sulfonamides is 1. The lowest BCUT2D eigenvalue weighted by Crippen LogP contribution is -2.35. The van der Waals surface area contributed by atoms with Crippen LogP contribution in [0.2, 0.25) is 0 Å². The molecule has 1 saturated heterocycles. The summed E-state index contributed by atoms with van der Waals surface area (Å²) in [4.78, 5) is 0.382. The largest absolute Gasteiger partial charge is 0.310 e. The molecule has 0 bridgehead atoms. The predicted molar refractivity (Wildman–Crippen MR) is 88.7 cm³/mol. The quantitative estimate of drug-likeness (QED) is 0.860. The van der Waals surface area contributed by atoms with Gasteiger partial charge in [0.2, 0.25) is 10.0 Å². The molecule has 2 rings (SSSR count). The smallest absolute Gasteiger partial charge is 0.244 e. The van der Waals surface area contributed by atoms with Gasteiger partial charge in [-0.25, -0.2) is 8.42 Å². The molecule has 21 heavy (non-hydrogen) atoms. The van der Waals surface area contributed by atoms with E-state index in [4.69, 9.17) is 0 Å². The Balaban J connectivity index is 2.26. The van der Waals surface area contributed by atoms with Crippen molar-refractivity contribution in [3.8, 4) is 0 Å². The highest BCUT2D eigenvalue weighted by molar-refractivity contribution is 9.10. The van der Waals surface area contributed by atoms with Gasteiger partial charge < -0.3 is 5.32 Å². The van der Waals surface area contributed by atoms with Crippen LogP contribution in [0.5, 0.6) is 0 Å². The number of rotatable bonds is 5. The van der Waals surface area contributed by atoms with Gasteiger partial charge in [-0.05, 0) is 46.5 Å². The van der Waals surface area contributed by atoms with Gasteiger partial charge in [0.15, 0.2) is 0 Å². The van der Waals surface area contributed by atoms with E-state index in [1.165, 1.54) is 0 Å². The lowest BCUT2D eigenvalue weighted by atomic mass is 10.2. The van der Waals surface area contributed by atoms with Crippen LogP contribution in [0.25, 0.3) is 0 Å². The van der Waals surface area contributed by atoms with Gasteiger partial charge in [-0.1, -0.05) is 26.3 Å². The van der Waals surface area contributed by atoms with Crippen molar-refractivity contribution in [1.29, 1.82) is 0 Å². The molecule has 1 aromatic rings. The fourth-order valence-corrected chi connectivity index (χ4v) is 4.91. The molecule has 0 spiro atoms. The van der Waals surface area contributed by atoms with Crippen LogP contribution in [0.1, 0.15) is 38.7 Å². The lowest BCUT2D eigenvalue weighted by molar-refractivity contribution is 0.346. The molecule has 4 nitrogen and oxygen atoms in total. The van der Waals surface area contributed by atoms with Crippen molar-refractivity contribution in [3.05, 3.63) is 28.2 Å². The fourth-order valence-electron chi connectivity index (χ4n) is 2.42. The molecule has 118 valence electrons. The zero-order chi connectivity index (χ0) is 15.5. The average molecular weight is 375 g/mol. The monoisotopic (exact) mass is 374 g/mol. The first-order chi connectivity index (χ1) is 9.91. The number of nitrogens with one attached hydrogen (secondary N) is 1. The standard InChI is InChI=1S/C15H23BrN2O2S/c1-12(2)17-11-13-6-7-14(16)15(10-13)21(19,20)18-8-4-3-5-9-18/h6-7,10,12,17H,3-5,8-9,11H2,1-2H3. The first-order valence-corrected chi connectivity index (χ1v) is 9.66. The van der Waals surface area contributed by atoms with E-state index in [2.05, 4.69) is 35.1 Å². The number of nitrogens with zero attached hydrogens (tertiary/aromatic N) is 1. The molecular weight excluding hydrogens is 352 g/mol. The summed E-state index contributed by atoms with van der Waals surface area (Å²) in [6.07, 6.45) is 3.02. The molecule has 0 atom stereocenters. The van der Waals surface area contributed by atoms with Crippen molar-refractivity contribution in [2.75, 3.05) is 13.1 Å². The molecule has 0 amide bonds. The van der Waals surface area contributed by atoms with Gasteiger partial charge in [0, 0.05) is 30.1 Å². The van der Waals surface area contributed by atoms with Crippen LogP contribution < -0.4 is 5.32 Å². The number of halogens is 1. The Morgan fingerprint density at radius 3 is 2.52 bits per heavy atom. The lowest BCUT2D eigenvalue weighted by Gasteiger charge is -2.26. The normalized spacial score (nSPS) is 17.3. The summed E-state index contributed by atoms with van der Waals surface area (Å²) in [6, 6.07) is 5.93. The van der Waals surface area contributed by atoms with Crippen LogP contribution in [0.3, 0.4) is 0 Å². The Morgan fingerprint density at radius 2 is 1.90 bits per heavy atom. The zero-order valence-electron chi connectivity index (χ0n) is 12.6. The fraction of sp³-hybridized carbons (Fsp3) is 0.600. The van der Waals surface area contributed by atoms with Gasteiger partial charge >= 0.3 is 0 Å². The highest BCUT2D eigenvalue weighted by Gasteiger charge is 2.27. The maximum Gasteiger partial charge on any atom is 0.244 e. The molecule has 0 saturated carbocycles. The summed E-state index contributed by atoms with van der Waals surface area (Å²) >= 11 is 3.39. The van der Waals surface area contributed by atoms with E-state index in [0.29, 0.717) is 35.0 Å². The minimum atomic E-state index is -3.40. The van der Waals surface area contributed by atoms with Crippen LogP contribution in [0.4, 0.5) is 0 Å². The van der Waals surface area contributed by atoms with Crippen molar-refractivity contribution in [2.45, 2.75) is 50.6 Å². The second-order valence-electron chi connectivity index (χ2n) is 5.77. The molecule has 0 unspecified atom stereocenters. The summed E-state index contributed by atoms with van der Waals surface area (Å²) in [5.74, 6) is 0. The molecule has 1 N–H and O–H groups in total. The van der Waals surface area contributed by atoms with Crippen LogP contribution >= 0.6 is 15.9 Å². The molecule has 1 heterocycles. The zero-order valence-corrected chi connectivity index (χ0v) is 15.0. The van der Waals surface area contributed by atoms with Gasteiger partial charge in [0.05, 0.1) is 4.90 Å². The SMILES string of the molecule is CC(C)NCc1ccc(Br)c(S(=O)(=O)N2CCCCC2)c1. The predicted octanol–water partition coefficient (Wildman–Crippen LogP) is 3.12. The van der Waals surface area contributed by atoms with Crippen LogP contribution in [0, 0.1) is 0 Å². The minimum absolute atomic E-state index is 0.371. The Bertz CT molecular complexity index is 581. The number of hydrogen-bond donors (Lipinski definition) is 1. The van der Waals surface area contributed by atoms with Crippen LogP contribution in [-0.4, -0.2) is 31.9 Å². The van der Waals surface area contributed by atoms with E-state index in [-0.39, 0.29) is 0 Å².